The Kier molecular flexibility index (Phi) is 6.07. The van der Waals surface area contributed by atoms with Crippen molar-refractivity contribution in [3.63, 3.8) is 0 Å². The maximum atomic E-state index is 12.0. The average Bonchev–Trinajstić information content (AvgIpc) is 3.16. The Balaban J connectivity index is 1.61. The fourth-order valence-corrected chi connectivity index (χ4v) is 2.31. The van der Waals surface area contributed by atoms with Gasteiger partial charge in [0, 0.05) is 25.6 Å². The van der Waals surface area contributed by atoms with Crippen molar-refractivity contribution < 1.29 is 19.1 Å². The number of imide groups is 1. The Labute approximate surface area is 173 Å². The van der Waals surface area contributed by atoms with Gasteiger partial charge in [-0.05, 0) is 39.0 Å². The Bertz CT molecular complexity index is 1050. The highest BCUT2D eigenvalue weighted by molar-refractivity contribution is 6.03. The maximum Gasteiger partial charge on any atom is 0.327 e. The molecule has 0 bridgehead atoms. The van der Waals surface area contributed by atoms with Crippen LogP contribution in [0.3, 0.4) is 0 Å². The van der Waals surface area contributed by atoms with E-state index < -0.39 is 17.5 Å². The van der Waals surface area contributed by atoms with Gasteiger partial charge in [-0.1, -0.05) is 0 Å². The zero-order valence-corrected chi connectivity index (χ0v) is 17.0. The van der Waals surface area contributed by atoms with Crippen molar-refractivity contribution >= 4 is 17.8 Å². The molecule has 3 amide bonds. The van der Waals surface area contributed by atoms with E-state index in [1.165, 1.54) is 13.3 Å². The van der Waals surface area contributed by atoms with Gasteiger partial charge in [0.25, 0.3) is 5.91 Å². The summed E-state index contributed by atoms with van der Waals surface area (Å²) < 4.78 is 10.8. The van der Waals surface area contributed by atoms with E-state index >= 15 is 0 Å². The first-order chi connectivity index (χ1) is 14.3. The summed E-state index contributed by atoms with van der Waals surface area (Å²) in [5.74, 6) is 1.51. The fraction of sp³-hybridized carbons (Fsp3) is 0.250. The number of carbonyl (C=O) groups excluding carboxylic acids is 2. The van der Waals surface area contributed by atoms with Crippen molar-refractivity contribution in [3.05, 3.63) is 48.7 Å². The molecule has 0 unspecified atom stereocenters. The highest BCUT2D eigenvalue weighted by Crippen LogP contribution is 2.25. The third-order valence-corrected chi connectivity index (χ3v) is 4.20. The SMILES string of the molecule is COC(C)(C)C(=O)NC(=O)Nc1ccc(Oc2ccnc(-c3c[nH]c(C)n3)c2)cn1. The second-order valence-corrected chi connectivity index (χ2v) is 6.85. The van der Waals surface area contributed by atoms with Gasteiger partial charge < -0.3 is 14.5 Å². The number of aromatic amines is 1. The monoisotopic (exact) mass is 410 g/mol. The number of rotatable bonds is 6. The van der Waals surface area contributed by atoms with E-state index in [4.69, 9.17) is 9.47 Å². The zero-order valence-electron chi connectivity index (χ0n) is 17.0. The molecule has 156 valence electrons. The number of carbonyl (C=O) groups is 2. The number of aromatic nitrogens is 4. The minimum Gasteiger partial charge on any atom is -0.456 e. The first kappa shape index (κ1) is 20.9. The number of urea groups is 1. The number of ether oxygens (including phenoxy) is 2. The third-order valence-electron chi connectivity index (χ3n) is 4.20. The topological polar surface area (TPSA) is 131 Å². The molecule has 3 rings (SSSR count). The second-order valence-electron chi connectivity index (χ2n) is 6.85. The number of anilines is 1. The Hall–Kier alpha value is -3.79. The van der Waals surface area contributed by atoms with Crippen LogP contribution in [0.25, 0.3) is 11.4 Å². The number of imidazole rings is 1. The molecular formula is C20H22N6O4. The molecule has 0 aliphatic carbocycles. The van der Waals surface area contributed by atoms with Gasteiger partial charge >= 0.3 is 6.03 Å². The molecular weight excluding hydrogens is 388 g/mol. The molecule has 3 N–H and O–H groups in total. The van der Waals surface area contributed by atoms with E-state index in [0.29, 0.717) is 22.9 Å². The van der Waals surface area contributed by atoms with E-state index in [1.54, 1.807) is 50.5 Å². The fourth-order valence-electron chi connectivity index (χ4n) is 2.31. The Morgan fingerprint density at radius 1 is 1.10 bits per heavy atom. The molecule has 0 saturated carbocycles. The van der Waals surface area contributed by atoms with Crippen LogP contribution in [0, 0.1) is 6.92 Å². The molecule has 3 aromatic rings. The zero-order chi connectivity index (χ0) is 21.7. The van der Waals surface area contributed by atoms with Gasteiger partial charge in [0.2, 0.25) is 0 Å². The lowest BCUT2D eigenvalue weighted by molar-refractivity contribution is -0.138. The van der Waals surface area contributed by atoms with E-state index in [9.17, 15) is 9.59 Å². The number of nitrogens with zero attached hydrogens (tertiary/aromatic N) is 3. The number of methoxy groups -OCH3 is 1. The minimum absolute atomic E-state index is 0.255. The van der Waals surface area contributed by atoms with Crippen LogP contribution in [0.5, 0.6) is 11.5 Å². The summed E-state index contributed by atoms with van der Waals surface area (Å²) in [6.45, 7) is 4.97. The molecule has 0 fully saturated rings. The molecule has 0 saturated heterocycles. The van der Waals surface area contributed by atoms with Crippen LogP contribution in [0.15, 0.2) is 42.9 Å². The molecule has 0 radical (unpaired) electrons. The Morgan fingerprint density at radius 2 is 1.90 bits per heavy atom. The van der Waals surface area contributed by atoms with Crippen molar-refractivity contribution in [2.45, 2.75) is 26.4 Å². The number of nitrogens with one attached hydrogen (secondary N) is 3. The standard InChI is InChI=1S/C20H22N6O4/c1-12-22-11-16(24-12)15-9-13(7-8-21-15)30-14-5-6-17(23-10-14)25-19(28)26-18(27)20(2,3)29-4/h5-11H,1-4H3,(H,22,24)(H2,23,25,26,27,28). The first-order valence-corrected chi connectivity index (χ1v) is 9.07. The van der Waals surface area contributed by atoms with E-state index in [-0.39, 0.29) is 5.82 Å². The molecule has 0 aliphatic heterocycles. The predicted octanol–water partition coefficient (Wildman–Crippen LogP) is 3.04. The van der Waals surface area contributed by atoms with Crippen molar-refractivity contribution in [2.24, 2.45) is 0 Å². The van der Waals surface area contributed by atoms with Gasteiger partial charge in [-0.2, -0.15) is 0 Å². The number of amides is 3. The summed E-state index contributed by atoms with van der Waals surface area (Å²) in [5.41, 5.74) is 0.261. The summed E-state index contributed by atoms with van der Waals surface area (Å²) in [5, 5.41) is 4.68. The first-order valence-electron chi connectivity index (χ1n) is 9.07. The molecule has 0 spiro atoms. The van der Waals surface area contributed by atoms with Crippen LogP contribution >= 0.6 is 0 Å². The van der Waals surface area contributed by atoms with Crippen molar-refractivity contribution in [1.29, 1.82) is 0 Å². The lowest BCUT2D eigenvalue weighted by atomic mass is 10.1. The quantitative estimate of drug-likeness (QED) is 0.569. The number of H-pyrrole nitrogens is 1. The van der Waals surface area contributed by atoms with Crippen molar-refractivity contribution in [3.8, 4) is 22.9 Å². The lowest BCUT2D eigenvalue weighted by Crippen LogP contribution is -2.47. The predicted molar refractivity (Wildman–Crippen MR) is 109 cm³/mol. The van der Waals surface area contributed by atoms with Crippen molar-refractivity contribution in [2.75, 3.05) is 12.4 Å². The molecule has 10 nitrogen and oxygen atoms in total. The molecule has 30 heavy (non-hydrogen) atoms. The van der Waals surface area contributed by atoms with Gasteiger partial charge in [0.05, 0.1) is 11.9 Å². The molecule has 10 heteroatoms. The van der Waals surface area contributed by atoms with Crippen LogP contribution < -0.4 is 15.4 Å². The minimum atomic E-state index is -1.12. The summed E-state index contributed by atoms with van der Waals surface area (Å²) in [6, 6.07) is 5.96. The van der Waals surface area contributed by atoms with Crippen LogP contribution in [0.4, 0.5) is 10.6 Å². The van der Waals surface area contributed by atoms with E-state index in [1.807, 2.05) is 6.92 Å². The number of aryl methyl sites for hydroxylation is 1. The van der Waals surface area contributed by atoms with Crippen LogP contribution in [-0.4, -0.2) is 44.6 Å². The summed E-state index contributed by atoms with van der Waals surface area (Å²) in [4.78, 5) is 39.6. The van der Waals surface area contributed by atoms with Gasteiger partial charge in [-0.15, -0.1) is 0 Å². The van der Waals surface area contributed by atoms with E-state index in [0.717, 1.165) is 5.82 Å². The summed E-state index contributed by atoms with van der Waals surface area (Å²) in [7, 11) is 1.39. The van der Waals surface area contributed by atoms with Crippen LogP contribution in [0.1, 0.15) is 19.7 Å². The number of pyridine rings is 2. The molecule has 3 aromatic heterocycles. The maximum absolute atomic E-state index is 12.0. The molecule has 3 heterocycles. The second kappa shape index (κ2) is 8.70. The van der Waals surface area contributed by atoms with Crippen LogP contribution in [0.2, 0.25) is 0 Å². The smallest absolute Gasteiger partial charge is 0.327 e. The van der Waals surface area contributed by atoms with Gasteiger partial charge in [-0.25, -0.2) is 14.8 Å². The van der Waals surface area contributed by atoms with Crippen LogP contribution in [-0.2, 0) is 9.53 Å². The number of hydrogen-bond donors (Lipinski definition) is 3. The van der Waals surface area contributed by atoms with Gasteiger partial charge in [-0.3, -0.25) is 20.4 Å². The molecule has 0 aliphatic rings. The molecule has 0 atom stereocenters. The highest BCUT2D eigenvalue weighted by atomic mass is 16.5. The van der Waals surface area contributed by atoms with Gasteiger partial charge in [0.15, 0.2) is 0 Å². The van der Waals surface area contributed by atoms with Crippen molar-refractivity contribution in [1.82, 2.24) is 25.3 Å². The van der Waals surface area contributed by atoms with Gasteiger partial charge in [0.1, 0.15) is 34.4 Å². The third kappa shape index (κ3) is 5.17. The number of hydrogen-bond acceptors (Lipinski definition) is 7. The summed E-state index contributed by atoms with van der Waals surface area (Å²) >= 11 is 0. The summed E-state index contributed by atoms with van der Waals surface area (Å²) in [6.07, 6.45) is 4.85. The normalized spacial score (nSPS) is 11.1. The average molecular weight is 410 g/mol. The van der Waals surface area contributed by atoms with E-state index in [2.05, 4.69) is 30.6 Å². The lowest BCUT2D eigenvalue weighted by Gasteiger charge is -2.20. The largest absolute Gasteiger partial charge is 0.456 e. The Morgan fingerprint density at radius 3 is 2.53 bits per heavy atom. The highest BCUT2D eigenvalue weighted by Gasteiger charge is 2.28. The molecule has 0 aromatic carbocycles.